The summed E-state index contributed by atoms with van der Waals surface area (Å²) in [6.07, 6.45) is 1.23. The second-order valence-electron chi connectivity index (χ2n) is 5.82. The summed E-state index contributed by atoms with van der Waals surface area (Å²) in [6, 6.07) is 13.4. The second-order valence-corrected chi connectivity index (χ2v) is 6.68. The third-order valence-corrected chi connectivity index (χ3v) is 4.61. The predicted molar refractivity (Wildman–Crippen MR) is 96.5 cm³/mol. The summed E-state index contributed by atoms with van der Waals surface area (Å²) in [5.41, 5.74) is 1.97. The molecule has 0 bridgehead atoms. The van der Waals surface area contributed by atoms with E-state index in [0.29, 0.717) is 19.6 Å². The summed E-state index contributed by atoms with van der Waals surface area (Å²) < 4.78 is 12.3. The molecule has 1 amide bonds. The van der Waals surface area contributed by atoms with Crippen LogP contribution in [0.15, 0.2) is 46.9 Å². The van der Waals surface area contributed by atoms with Crippen molar-refractivity contribution in [3.05, 3.63) is 58.1 Å². The number of ether oxygens (including phenoxy) is 2. The Morgan fingerprint density at radius 2 is 1.83 bits per heavy atom. The van der Waals surface area contributed by atoms with Gasteiger partial charge < -0.3 is 14.8 Å². The Morgan fingerprint density at radius 1 is 1.17 bits per heavy atom. The van der Waals surface area contributed by atoms with Crippen molar-refractivity contribution in [2.45, 2.75) is 25.8 Å². The number of carbonyl (C=O) groups excluding carboxylic acids is 1. The molecule has 1 atom stereocenters. The average Bonchev–Trinajstić information content (AvgIpc) is 2.79. The fourth-order valence-corrected chi connectivity index (χ4v) is 3.35. The second kappa shape index (κ2) is 7.71. The quantitative estimate of drug-likeness (QED) is 0.858. The summed E-state index contributed by atoms with van der Waals surface area (Å²) in [6.45, 7) is 3.26. The lowest BCUT2D eigenvalue weighted by molar-refractivity contribution is -0.121. The molecule has 1 aliphatic rings. The molecule has 1 heterocycles. The standard InChI is InChI=1S/C19H20BrNO3/c1-13(21-19(22)10-14-6-3-2-4-7-14)15-11-17-18(12-16(15)20)24-9-5-8-23-17/h2-4,6-7,11-13H,5,8-10H2,1H3,(H,21,22)/t13-/m1/s1. The summed E-state index contributed by atoms with van der Waals surface area (Å²) in [7, 11) is 0. The van der Waals surface area contributed by atoms with Gasteiger partial charge in [-0.2, -0.15) is 0 Å². The summed E-state index contributed by atoms with van der Waals surface area (Å²) in [5, 5.41) is 3.04. The fraction of sp³-hybridized carbons (Fsp3) is 0.316. The molecule has 0 unspecified atom stereocenters. The summed E-state index contributed by atoms with van der Waals surface area (Å²) in [4.78, 5) is 12.3. The third kappa shape index (κ3) is 4.09. The molecule has 0 aromatic heterocycles. The molecule has 1 aliphatic heterocycles. The molecule has 2 aromatic carbocycles. The van der Waals surface area contributed by atoms with Gasteiger partial charge in [-0.3, -0.25) is 4.79 Å². The van der Waals surface area contributed by atoms with Gasteiger partial charge in [-0.05, 0) is 30.2 Å². The van der Waals surface area contributed by atoms with E-state index in [2.05, 4.69) is 21.2 Å². The Kier molecular flexibility index (Phi) is 5.41. The maximum absolute atomic E-state index is 12.3. The average molecular weight is 390 g/mol. The summed E-state index contributed by atoms with van der Waals surface area (Å²) >= 11 is 3.57. The molecule has 0 saturated carbocycles. The number of halogens is 1. The number of amides is 1. The minimum atomic E-state index is -0.132. The van der Waals surface area contributed by atoms with Crippen molar-refractivity contribution in [2.24, 2.45) is 0 Å². The van der Waals surface area contributed by atoms with E-state index in [9.17, 15) is 4.79 Å². The van der Waals surface area contributed by atoms with Crippen molar-refractivity contribution in [3.8, 4) is 11.5 Å². The molecule has 5 heteroatoms. The van der Waals surface area contributed by atoms with Crippen LogP contribution in [-0.2, 0) is 11.2 Å². The smallest absolute Gasteiger partial charge is 0.224 e. The maximum Gasteiger partial charge on any atom is 0.224 e. The maximum atomic E-state index is 12.3. The van der Waals surface area contributed by atoms with Gasteiger partial charge in [0, 0.05) is 10.9 Å². The van der Waals surface area contributed by atoms with E-state index in [4.69, 9.17) is 9.47 Å². The number of rotatable bonds is 4. The minimum Gasteiger partial charge on any atom is -0.490 e. The molecular formula is C19H20BrNO3. The van der Waals surface area contributed by atoms with E-state index in [1.54, 1.807) is 0 Å². The molecule has 0 aliphatic carbocycles. The van der Waals surface area contributed by atoms with E-state index in [1.165, 1.54) is 0 Å². The Morgan fingerprint density at radius 3 is 2.54 bits per heavy atom. The Bertz CT molecular complexity index is 718. The molecular weight excluding hydrogens is 370 g/mol. The molecule has 0 spiro atoms. The van der Waals surface area contributed by atoms with Crippen LogP contribution in [0, 0.1) is 0 Å². The highest BCUT2D eigenvalue weighted by Crippen LogP contribution is 2.37. The van der Waals surface area contributed by atoms with Crippen LogP contribution in [0.3, 0.4) is 0 Å². The van der Waals surface area contributed by atoms with Gasteiger partial charge in [0.25, 0.3) is 0 Å². The number of hydrogen-bond acceptors (Lipinski definition) is 3. The first-order chi connectivity index (χ1) is 11.6. The molecule has 1 N–H and O–H groups in total. The van der Waals surface area contributed by atoms with Crippen LogP contribution in [-0.4, -0.2) is 19.1 Å². The Balaban J connectivity index is 1.71. The highest BCUT2D eigenvalue weighted by Gasteiger charge is 2.18. The topological polar surface area (TPSA) is 47.6 Å². The zero-order valence-electron chi connectivity index (χ0n) is 13.5. The van der Waals surface area contributed by atoms with Crippen LogP contribution in [0.4, 0.5) is 0 Å². The SMILES string of the molecule is C[C@@H](NC(=O)Cc1ccccc1)c1cc2c(cc1Br)OCCCO2. The van der Waals surface area contributed by atoms with Gasteiger partial charge >= 0.3 is 0 Å². The van der Waals surface area contributed by atoms with Gasteiger partial charge in [0.05, 0.1) is 25.7 Å². The third-order valence-electron chi connectivity index (χ3n) is 3.92. The largest absolute Gasteiger partial charge is 0.490 e. The van der Waals surface area contributed by atoms with Crippen LogP contribution in [0.25, 0.3) is 0 Å². The number of benzene rings is 2. The zero-order chi connectivity index (χ0) is 16.9. The molecule has 3 rings (SSSR count). The highest BCUT2D eigenvalue weighted by atomic mass is 79.9. The van der Waals surface area contributed by atoms with Gasteiger partial charge in [0.15, 0.2) is 11.5 Å². The van der Waals surface area contributed by atoms with Crippen LogP contribution in [0.2, 0.25) is 0 Å². The Labute approximate surface area is 150 Å². The first-order valence-electron chi connectivity index (χ1n) is 8.06. The normalized spacial score (nSPS) is 14.6. The van der Waals surface area contributed by atoms with Crippen LogP contribution in [0.5, 0.6) is 11.5 Å². The molecule has 126 valence electrons. The molecule has 2 aromatic rings. The van der Waals surface area contributed by atoms with Gasteiger partial charge in [-0.15, -0.1) is 0 Å². The molecule has 0 radical (unpaired) electrons. The number of fused-ring (bicyclic) bond motifs is 1. The first-order valence-corrected chi connectivity index (χ1v) is 8.85. The van der Waals surface area contributed by atoms with E-state index in [-0.39, 0.29) is 11.9 Å². The van der Waals surface area contributed by atoms with Crippen molar-refractivity contribution >= 4 is 21.8 Å². The lowest BCUT2D eigenvalue weighted by atomic mass is 10.1. The van der Waals surface area contributed by atoms with Crippen LogP contribution >= 0.6 is 15.9 Å². The van der Waals surface area contributed by atoms with Crippen molar-refractivity contribution in [2.75, 3.05) is 13.2 Å². The number of hydrogen-bond donors (Lipinski definition) is 1. The van der Waals surface area contributed by atoms with E-state index in [0.717, 1.165) is 33.5 Å². The van der Waals surface area contributed by atoms with Crippen molar-refractivity contribution in [1.82, 2.24) is 5.32 Å². The van der Waals surface area contributed by atoms with Gasteiger partial charge in [-0.1, -0.05) is 46.3 Å². The van der Waals surface area contributed by atoms with Crippen LogP contribution < -0.4 is 14.8 Å². The van der Waals surface area contributed by atoms with Crippen molar-refractivity contribution in [1.29, 1.82) is 0 Å². The number of carbonyl (C=O) groups is 1. The Hall–Kier alpha value is -2.01. The lowest BCUT2D eigenvalue weighted by Gasteiger charge is -2.18. The van der Waals surface area contributed by atoms with Crippen LogP contribution in [0.1, 0.15) is 30.5 Å². The zero-order valence-corrected chi connectivity index (χ0v) is 15.1. The van der Waals surface area contributed by atoms with E-state index >= 15 is 0 Å². The fourth-order valence-electron chi connectivity index (χ4n) is 2.68. The van der Waals surface area contributed by atoms with Crippen molar-refractivity contribution in [3.63, 3.8) is 0 Å². The molecule has 24 heavy (non-hydrogen) atoms. The number of nitrogens with one attached hydrogen (secondary N) is 1. The van der Waals surface area contributed by atoms with E-state index in [1.807, 2.05) is 49.4 Å². The van der Waals surface area contributed by atoms with Gasteiger partial charge in [-0.25, -0.2) is 0 Å². The highest BCUT2D eigenvalue weighted by molar-refractivity contribution is 9.10. The molecule has 0 fully saturated rings. The molecule has 0 saturated heterocycles. The minimum absolute atomic E-state index is 0.00675. The predicted octanol–water partition coefficient (Wildman–Crippen LogP) is 4.03. The molecule has 4 nitrogen and oxygen atoms in total. The van der Waals surface area contributed by atoms with Gasteiger partial charge in [0.1, 0.15) is 0 Å². The van der Waals surface area contributed by atoms with E-state index < -0.39 is 0 Å². The van der Waals surface area contributed by atoms with Gasteiger partial charge in [0.2, 0.25) is 5.91 Å². The monoisotopic (exact) mass is 389 g/mol. The lowest BCUT2D eigenvalue weighted by Crippen LogP contribution is -2.28. The van der Waals surface area contributed by atoms with Crippen molar-refractivity contribution < 1.29 is 14.3 Å². The summed E-state index contributed by atoms with van der Waals surface area (Å²) in [5.74, 6) is 1.47. The first kappa shape index (κ1) is 16.8.